The summed E-state index contributed by atoms with van der Waals surface area (Å²) in [6.45, 7) is 4.04. The van der Waals surface area contributed by atoms with E-state index in [2.05, 4.69) is 10.8 Å². The second kappa shape index (κ2) is 9.82. The summed E-state index contributed by atoms with van der Waals surface area (Å²) in [5.74, 6) is 0.982. The summed E-state index contributed by atoms with van der Waals surface area (Å²) < 4.78 is 4.25. The maximum atomic E-state index is 13.2. The minimum Gasteiger partial charge on any atom is -1.00 e. The standard InChI is InChI=1S/C26H29N3O2.BrH/c1-19(30)18-28-15-16-29(20(28)2)24-14-13-23(17-24)26(25(27)31,21-9-5-3-6-10-21)22-11-7-4-8-12-22;/h3-12,15-16,23-24H,13-14,17-18H2,1-2H3,(H-,27,31);1H/t23-,24+;/m0./s1. The molecule has 2 N–H and O–H groups in total. The van der Waals surface area contributed by atoms with Crippen molar-refractivity contribution in [2.24, 2.45) is 11.7 Å². The fraction of sp³-hybridized carbons (Fsp3) is 0.346. The van der Waals surface area contributed by atoms with Gasteiger partial charge < -0.3 is 22.7 Å². The van der Waals surface area contributed by atoms with Crippen molar-refractivity contribution in [3.05, 3.63) is 90.0 Å². The molecule has 1 heterocycles. The normalized spacial score (nSPS) is 18.2. The van der Waals surface area contributed by atoms with Crippen LogP contribution in [-0.4, -0.2) is 16.3 Å². The van der Waals surface area contributed by atoms with E-state index in [1.54, 1.807) is 6.92 Å². The summed E-state index contributed by atoms with van der Waals surface area (Å²) in [6.07, 6.45) is 6.75. The Bertz CT molecular complexity index is 1040. The largest absolute Gasteiger partial charge is 1.00 e. The Kier molecular flexibility index (Phi) is 7.34. The van der Waals surface area contributed by atoms with Crippen molar-refractivity contribution in [2.45, 2.75) is 51.1 Å². The number of nitrogens with zero attached hydrogens (tertiary/aromatic N) is 2. The van der Waals surface area contributed by atoms with Gasteiger partial charge in [0.05, 0.1) is 0 Å². The molecule has 0 aliphatic heterocycles. The zero-order valence-electron chi connectivity index (χ0n) is 18.6. The zero-order chi connectivity index (χ0) is 22.0. The first-order valence-corrected chi connectivity index (χ1v) is 10.9. The van der Waals surface area contributed by atoms with Crippen molar-refractivity contribution in [1.29, 1.82) is 0 Å². The van der Waals surface area contributed by atoms with Crippen molar-refractivity contribution in [3.63, 3.8) is 0 Å². The molecule has 1 aliphatic carbocycles. The number of imidazole rings is 1. The molecule has 0 saturated heterocycles. The van der Waals surface area contributed by atoms with Gasteiger partial charge in [0.25, 0.3) is 5.82 Å². The Morgan fingerprint density at radius 1 is 1.03 bits per heavy atom. The monoisotopic (exact) mass is 495 g/mol. The van der Waals surface area contributed by atoms with Crippen LogP contribution in [0.4, 0.5) is 0 Å². The van der Waals surface area contributed by atoms with Crippen LogP contribution in [0.25, 0.3) is 0 Å². The van der Waals surface area contributed by atoms with Gasteiger partial charge in [-0.15, -0.1) is 0 Å². The zero-order valence-corrected chi connectivity index (χ0v) is 20.2. The van der Waals surface area contributed by atoms with Gasteiger partial charge in [0, 0.05) is 6.92 Å². The summed E-state index contributed by atoms with van der Waals surface area (Å²) in [5, 5.41) is 0. The third-order valence-electron chi connectivity index (χ3n) is 6.85. The summed E-state index contributed by atoms with van der Waals surface area (Å²) in [4.78, 5) is 24.8. The Hall–Kier alpha value is -2.73. The number of rotatable bonds is 7. The highest BCUT2D eigenvalue weighted by molar-refractivity contribution is 5.91. The van der Waals surface area contributed by atoms with Crippen LogP contribution in [-0.2, 0) is 21.5 Å². The molecule has 3 aromatic rings. The van der Waals surface area contributed by atoms with E-state index in [1.807, 2.05) is 78.4 Å². The van der Waals surface area contributed by atoms with Crippen LogP contribution in [0.3, 0.4) is 0 Å². The van der Waals surface area contributed by atoms with Gasteiger partial charge >= 0.3 is 0 Å². The van der Waals surface area contributed by atoms with Gasteiger partial charge in [-0.1, -0.05) is 60.7 Å². The first-order chi connectivity index (χ1) is 14.9. The summed E-state index contributed by atoms with van der Waals surface area (Å²) >= 11 is 0. The fourth-order valence-corrected chi connectivity index (χ4v) is 5.44. The molecule has 4 rings (SSSR count). The number of hydrogen-bond donors (Lipinski definition) is 1. The minimum atomic E-state index is -0.867. The van der Waals surface area contributed by atoms with Gasteiger partial charge in [-0.05, 0) is 43.2 Å². The van der Waals surface area contributed by atoms with Crippen molar-refractivity contribution < 1.29 is 31.1 Å². The molecule has 1 aliphatic rings. The van der Waals surface area contributed by atoms with Gasteiger partial charge in [-0.2, -0.15) is 0 Å². The Morgan fingerprint density at radius 2 is 1.59 bits per heavy atom. The van der Waals surface area contributed by atoms with E-state index >= 15 is 0 Å². The fourth-order valence-electron chi connectivity index (χ4n) is 5.44. The molecule has 0 spiro atoms. The summed E-state index contributed by atoms with van der Waals surface area (Å²) in [6, 6.07) is 20.2. The third kappa shape index (κ3) is 4.16. The Balaban J connectivity index is 0.00000289. The quantitative estimate of drug-likeness (QED) is 0.484. The van der Waals surface area contributed by atoms with Crippen LogP contribution in [0.15, 0.2) is 73.1 Å². The van der Waals surface area contributed by atoms with Gasteiger partial charge in [0.15, 0.2) is 5.78 Å². The van der Waals surface area contributed by atoms with Crippen molar-refractivity contribution in [2.75, 3.05) is 0 Å². The van der Waals surface area contributed by atoms with Gasteiger partial charge in [-0.25, -0.2) is 9.13 Å². The topological polar surface area (TPSA) is 69.0 Å². The molecule has 2 atom stereocenters. The number of carbonyl (C=O) groups excluding carboxylic acids is 2. The first kappa shape index (κ1) is 23.9. The predicted molar refractivity (Wildman–Crippen MR) is 119 cm³/mol. The lowest BCUT2D eigenvalue weighted by molar-refractivity contribution is -0.727. The summed E-state index contributed by atoms with van der Waals surface area (Å²) in [5.41, 5.74) is 7.24. The van der Waals surface area contributed by atoms with Crippen LogP contribution in [0.5, 0.6) is 0 Å². The average Bonchev–Trinajstić information content (AvgIpc) is 3.37. The third-order valence-corrected chi connectivity index (χ3v) is 6.85. The molecule has 1 aromatic heterocycles. The molecule has 0 radical (unpaired) electrons. The number of amides is 1. The number of aromatic nitrogens is 2. The van der Waals surface area contributed by atoms with E-state index in [4.69, 9.17) is 5.73 Å². The van der Waals surface area contributed by atoms with Gasteiger partial charge in [0.2, 0.25) is 5.91 Å². The minimum absolute atomic E-state index is 0. The molecule has 2 aromatic carbocycles. The molecule has 5 nitrogen and oxygen atoms in total. The van der Waals surface area contributed by atoms with Crippen molar-refractivity contribution in [3.8, 4) is 0 Å². The SMILES string of the molecule is CC(=O)Cn1cc[n+]([C@@H]2CC[C@H](C(C(N)=O)(c3ccccc3)c3ccccc3)C2)c1C.[Br-]. The number of halogens is 1. The second-order valence-electron chi connectivity index (χ2n) is 8.65. The summed E-state index contributed by atoms with van der Waals surface area (Å²) in [7, 11) is 0. The highest BCUT2D eigenvalue weighted by atomic mass is 79.9. The van der Waals surface area contributed by atoms with Crippen LogP contribution in [0.2, 0.25) is 0 Å². The van der Waals surface area contributed by atoms with Crippen molar-refractivity contribution >= 4 is 11.7 Å². The van der Waals surface area contributed by atoms with Gasteiger partial charge in [0.1, 0.15) is 30.4 Å². The molecule has 1 amide bonds. The molecule has 1 fully saturated rings. The molecule has 6 heteroatoms. The molecule has 168 valence electrons. The van der Waals surface area contributed by atoms with E-state index in [9.17, 15) is 9.59 Å². The highest BCUT2D eigenvalue weighted by Crippen LogP contribution is 2.48. The Labute approximate surface area is 200 Å². The van der Waals surface area contributed by atoms with E-state index in [0.29, 0.717) is 6.54 Å². The number of ketones is 1. The highest BCUT2D eigenvalue weighted by Gasteiger charge is 2.51. The molecule has 0 unspecified atom stereocenters. The van der Waals surface area contributed by atoms with E-state index in [0.717, 1.165) is 36.2 Å². The van der Waals surface area contributed by atoms with Crippen LogP contribution < -0.4 is 27.3 Å². The maximum Gasteiger partial charge on any atom is 0.253 e. The van der Waals surface area contributed by atoms with Crippen LogP contribution in [0, 0.1) is 12.8 Å². The van der Waals surface area contributed by atoms with E-state index in [1.165, 1.54) is 0 Å². The van der Waals surface area contributed by atoms with Crippen LogP contribution in [0.1, 0.15) is 49.2 Å². The number of benzene rings is 2. The van der Waals surface area contributed by atoms with E-state index in [-0.39, 0.29) is 40.6 Å². The molecular weight excluding hydrogens is 466 g/mol. The average molecular weight is 496 g/mol. The predicted octanol–water partition coefficient (Wildman–Crippen LogP) is 0.490. The number of carbonyl (C=O) groups is 2. The van der Waals surface area contributed by atoms with Gasteiger partial charge in [-0.3, -0.25) is 9.59 Å². The van der Waals surface area contributed by atoms with Crippen LogP contribution >= 0.6 is 0 Å². The number of hydrogen-bond acceptors (Lipinski definition) is 2. The number of Topliss-reactive ketones (excluding diaryl/α,β-unsaturated/α-hetero) is 1. The lowest BCUT2D eigenvalue weighted by atomic mass is 9.64. The lowest BCUT2D eigenvalue weighted by Gasteiger charge is -2.37. The molecule has 0 bridgehead atoms. The first-order valence-electron chi connectivity index (χ1n) is 10.9. The smallest absolute Gasteiger partial charge is 0.253 e. The van der Waals surface area contributed by atoms with Crippen molar-refractivity contribution in [1.82, 2.24) is 4.57 Å². The second-order valence-corrected chi connectivity index (χ2v) is 8.65. The number of nitrogens with two attached hydrogens (primary N) is 1. The maximum absolute atomic E-state index is 13.2. The molecular formula is C26H30BrN3O2. The molecule has 32 heavy (non-hydrogen) atoms. The van der Waals surface area contributed by atoms with E-state index < -0.39 is 5.41 Å². The Morgan fingerprint density at radius 3 is 2.09 bits per heavy atom. The molecule has 1 saturated carbocycles. The number of primary amides is 1. The lowest BCUT2D eigenvalue weighted by Crippen LogP contribution is -3.00.